The Morgan fingerprint density at radius 3 is 2.38 bits per heavy atom. The van der Waals surface area contributed by atoms with E-state index in [0.717, 1.165) is 43.5 Å². The minimum atomic E-state index is -0.318. The molecule has 0 aliphatic carbocycles. The summed E-state index contributed by atoms with van der Waals surface area (Å²) >= 11 is 0. The number of carbonyl (C=O) groups is 1. The molecule has 0 saturated carbocycles. The number of rotatable bonds is 7. The Kier molecular flexibility index (Phi) is 10.8. The molecule has 184 valence electrons. The van der Waals surface area contributed by atoms with Crippen LogP contribution in [0.3, 0.4) is 0 Å². The summed E-state index contributed by atoms with van der Waals surface area (Å²) in [5, 5.41) is 3.42. The number of likely N-dealkylation sites (tertiary alicyclic amines) is 2. The standard InChI is InChI=1S/C20H37N5.C5H10O2/c1-15(22-10-9-20(3,4)5)12-19(23-16(2)21)25-13-17-8-7-11-24(6)18(17)14-25;1-5(2,3)7-4-6/h12,17-18,22H,1,7-11,13-14H2,2-6H3,(H2,21,23);4H,1-3H3/b19-12+;. The molecule has 0 amide bonds. The van der Waals surface area contributed by atoms with E-state index in [2.05, 4.69) is 65.3 Å². The van der Waals surface area contributed by atoms with Crippen molar-refractivity contribution in [3.05, 3.63) is 24.2 Å². The van der Waals surface area contributed by atoms with E-state index in [4.69, 9.17) is 5.73 Å². The molecule has 32 heavy (non-hydrogen) atoms. The molecule has 0 aromatic carbocycles. The number of ether oxygens (including phenoxy) is 1. The second-order valence-electron chi connectivity index (χ2n) is 11.2. The SMILES string of the molecule is C=C(/C=C(\N=C(/C)N)N1CC2CCCN(C)C2C1)NCCC(C)(C)C.CC(C)(C)OC=O. The fraction of sp³-hybridized carbons (Fsp3) is 0.760. The summed E-state index contributed by atoms with van der Waals surface area (Å²) in [4.78, 5) is 19.1. The summed E-state index contributed by atoms with van der Waals surface area (Å²) in [6.07, 6.45) is 5.77. The van der Waals surface area contributed by atoms with Crippen molar-refractivity contribution in [2.24, 2.45) is 22.1 Å². The average molecular weight is 450 g/mol. The molecule has 2 rings (SSSR count). The van der Waals surface area contributed by atoms with Gasteiger partial charge in [0.15, 0.2) is 0 Å². The van der Waals surface area contributed by atoms with Gasteiger partial charge in [0.25, 0.3) is 6.47 Å². The van der Waals surface area contributed by atoms with Crippen LogP contribution in [0.4, 0.5) is 0 Å². The first-order valence-electron chi connectivity index (χ1n) is 11.7. The van der Waals surface area contributed by atoms with Crippen molar-refractivity contribution >= 4 is 12.3 Å². The van der Waals surface area contributed by atoms with Crippen LogP contribution in [-0.2, 0) is 9.53 Å². The van der Waals surface area contributed by atoms with Crippen molar-refractivity contribution in [3.8, 4) is 0 Å². The molecular weight excluding hydrogens is 402 g/mol. The highest BCUT2D eigenvalue weighted by molar-refractivity contribution is 5.78. The Morgan fingerprint density at radius 1 is 1.25 bits per heavy atom. The second kappa shape index (κ2) is 12.3. The van der Waals surface area contributed by atoms with Gasteiger partial charge in [0, 0.05) is 37.4 Å². The molecule has 0 spiro atoms. The third-order valence-electron chi connectivity index (χ3n) is 5.61. The maximum absolute atomic E-state index is 9.60. The first-order valence-corrected chi connectivity index (χ1v) is 11.7. The fourth-order valence-electron chi connectivity index (χ4n) is 3.92. The molecule has 2 aliphatic rings. The van der Waals surface area contributed by atoms with Gasteiger partial charge in [-0.05, 0) is 71.9 Å². The monoisotopic (exact) mass is 449 g/mol. The highest BCUT2D eigenvalue weighted by Crippen LogP contribution is 2.32. The van der Waals surface area contributed by atoms with Crippen molar-refractivity contribution < 1.29 is 9.53 Å². The highest BCUT2D eigenvalue weighted by Gasteiger charge is 2.38. The van der Waals surface area contributed by atoms with E-state index in [9.17, 15) is 4.79 Å². The molecule has 0 aromatic rings. The lowest BCUT2D eigenvalue weighted by atomic mass is 9.92. The molecule has 7 heteroatoms. The van der Waals surface area contributed by atoms with Gasteiger partial charge in [-0.1, -0.05) is 27.4 Å². The Hall–Kier alpha value is -2.02. The summed E-state index contributed by atoms with van der Waals surface area (Å²) < 4.78 is 4.55. The molecule has 2 aliphatic heterocycles. The van der Waals surface area contributed by atoms with Gasteiger partial charge in [-0.2, -0.15) is 0 Å². The lowest BCUT2D eigenvalue weighted by Crippen LogP contribution is -2.42. The number of piperidine rings is 1. The highest BCUT2D eigenvalue weighted by atomic mass is 16.5. The molecule has 7 nitrogen and oxygen atoms in total. The van der Waals surface area contributed by atoms with E-state index in [1.54, 1.807) is 0 Å². The van der Waals surface area contributed by atoms with Crippen LogP contribution in [0, 0.1) is 11.3 Å². The van der Waals surface area contributed by atoms with Gasteiger partial charge >= 0.3 is 0 Å². The molecule has 2 heterocycles. The summed E-state index contributed by atoms with van der Waals surface area (Å²) in [6, 6.07) is 0.632. The third kappa shape index (κ3) is 11.0. The first-order chi connectivity index (χ1) is 14.7. The van der Waals surface area contributed by atoms with Gasteiger partial charge in [-0.15, -0.1) is 0 Å². The predicted octanol–water partition coefficient (Wildman–Crippen LogP) is 3.73. The minimum absolute atomic E-state index is 0.318. The van der Waals surface area contributed by atoms with Crippen LogP contribution in [-0.4, -0.2) is 67.0 Å². The number of aliphatic imine (C=N–C) groups is 1. The molecule has 2 fully saturated rings. The van der Waals surface area contributed by atoms with Crippen LogP contribution in [0.2, 0.25) is 0 Å². The van der Waals surface area contributed by atoms with Gasteiger partial charge in [-0.25, -0.2) is 4.99 Å². The van der Waals surface area contributed by atoms with Crippen LogP contribution in [0.15, 0.2) is 29.2 Å². The molecule has 2 unspecified atom stereocenters. The molecule has 0 bridgehead atoms. The number of hydrogen-bond donors (Lipinski definition) is 2. The van der Waals surface area contributed by atoms with E-state index in [0.29, 0.717) is 23.8 Å². The van der Waals surface area contributed by atoms with E-state index in [1.165, 1.54) is 19.4 Å². The Bertz CT molecular complexity index is 669. The second-order valence-corrected chi connectivity index (χ2v) is 11.2. The largest absolute Gasteiger partial charge is 0.462 e. The third-order valence-corrected chi connectivity index (χ3v) is 5.61. The van der Waals surface area contributed by atoms with Crippen molar-refractivity contribution in [2.45, 2.75) is 79.4 Å². The molecule has 0 aromatic heterocycles. The Morgan fingerprint density at radius 2 is 1.91 bits per heavy atom. The first kappa shape index (κ1) is 28.0. The van der Waals surface area contributed by atoms with E-state index >= 15 is 0 Å². The van der Waals surface area contributed by atoms with Gasteiger partial charge in [0.05, 0.1) is 5.84 Å². The molecule has 0 radical (unpaired) electrons. The van der Waals surface area contributed by atoms with Crippen LogP contribution >= 0.6 is 0 Å². The van der Waals surface area contributed by atoms with Crippen molar-refractivity contribution in [2.75, 3.05) is 33.2 Å². The normalized spacial score (nSPS) is 22.6. The van der Waals surface area contributed by atoms with Gasteiger partial charge in [0.1, 0.15) is 11.4 Å². The number of likely N-dealkylation sites (N-methyl/N-ethyl adjacent to an activating group) is 1. The van der Waals surface area contributed by atoms with Gasteiger partial charge < -0.3 is 25.6 Å². The average Bonchev–Trinajstić information content (AvgIpc) is 3.05. The van der Waals surface area contributed by atoms with E-state index in [1.807, 2.05) is 27.7 Å². The van der Waals surface area contributed by atoms with Crippen molar-refractivity contribution in [1.29, 1.82) is 0 Å². The van der Waals surface area contributed by atoms with Crippen molar-refractivity contribution in [1.82, 2.24) is 15.1 Å². The number of carbonyl (C=O) groups excluding carboxylic acids is 1. The van der Waals surface area contributed by atoms with Crippen LogP contribution in [0.1, 0.15) is 67.7 Å². The number of fused-ring (bicyclic) bond motifs is 1. The maximum Gasteiger partial charge on any atom is 0.293 e. The van der Waals surface area contributed by atoms with Crippen LogP contribution < -0.4 is 11.1 Å². The Labute approximate surface area is 196 Å². The van der Waals surface area contributed by atoms with Crippen LogP contribution in [0.5, 0.6) is 0 Å². The molecule has 3 N–H and O–H groups in total. The zero-order valence-corrected chi connectivity index (χ0v) is 21.7. The number of hydrogen-bond acceptors (Lipinski definition) is 6. The summed E-state index contributed by atoms with van der Waals surface area (Å²) in [6.45, 7) is 22.9. The lowest BCUT2D eigenvalue weighted by molar-refractivity contribution is -0.138. The number of nitrogens with one attached hydrogen (secondary N) is 1. The summed E-state index contributed by atoms with van der Waals surface area (Å²) in [5.41, 5.74) is 6.80. The van der Waals surface area contributed by atoms with Crippen molar-refractivity contribution in [3.63, 3.8) is 0 Å². The molecule has 2 atom stereocenters. The lowest BCUT2D eigenvalue weighted by Gasteiger charge is -2.33. The quantitative estimate of drug-likeness (QED) is 0.267. The van der Waals surface area contributed by atoms with Gasteiger partial charge in [0.2, 0.25) is 0 Å². The number of nitrogens with zero attached hydrogens (tertiary/aromatic N) is 3. The topological polar surface area (TPSA) is 83.2 Å². The number of amidine groups is 1. The summed E-state index contributed by atoms with van der Waals surface area (Å²) in [7, 11) is 2.24. The zero-order valence-electron chi connectivity index (χ0n) is 21.7. The maximum atomic E-state index is 9.60. The summed E-state index contributed by atoms with van der Waals surface area (Å²) in [5.74, 6) is 2.27. The molecular formula is C25H47N5O2. The molecule has 2 saturated heterocycles. The minimum Gasteiger partial charge on any atom is -0.462 e. The van der Waals surface area contributed by atoms with Crippen LogP contribution in [0.25, 0.3) is 0 Å². The smallest absolute Gasteiger partial charge is 0.293 e. The zero-order chi connectivity index (χ0) is 24.5. The number of nitrogens with two attached hydrogens (primary N) is 1. The Balaban J connectivity index is 0.000000633. The van der Waals surface area contributed by atoms with Gasteiger partial charge in [-0.3, -0.25) is 4.79 Å². The number of allylic oxidation sites excluding steroid dienone is 1. The fourth-order valence-corrected chi connectivity index (χ4v) is 3.92. The van der Waals surface area contributed by atoms with E-state index in [-0.39, 0.29) is 5.60 Å². The van der Waals surface area contributed by atoms with E-state index < -0.39 is 0 Å². The predicted molar refractivity (Wildman–Crippen MR) is 134 cm³/mol.